The van der Waals surface area contributed by atoms with Crippen molar-refractivity contribution in [2.45, 2.75) is 50.5 Å². The first kappa shape index (κ1) is 15.6. The maximum absolute atomic E-state index is 12.9. The maximum atomic E-state index is 12.9. The van der Waals surface area contributed by atoms with Gasteiger partial charge in [-0.15, -0.1) is 0 Å². The monoisotopic (exact) mass is 337 g/mol. The van der Waals surface area contributed by atoms with E-state index < -0.39 is 0 Å². The smallest absolute Gasteiger partial charge is 0.334 e. The third-order valence-electron chi connectivity index (χ3n) is 7.62. The van der Waals surface area contributed by atoms with E-state index in [1.165, 1.54) is 23.2 Å². The summed E-state index contributed by atoms with van der Waals surface area (Å²) in [6.07, 6.45) is 5.52. The summed E-state index contributed by atoms with van der Waals surface area (Å²) >= 11 is 0. The molecule has 0 N–H and O–H groups in total. The molecule has 132 valence electrons. The number of hydrogen-bond donors (Lipinski definition) is 0. The number of ether oxygens (including phenoxy) is 1. The number of esters is 1. The first-order chi connectivity index (χ1) is 12.2. The van der Waals surface area contributed by atoms with Crippen molar-refractivity contribution in [3.63, 3.8) is 0 Å². The van der Waals surface area contributed by atoms with Crippen LogP contribution in [0.4, 0.5) is 0 Å². The van der Waals surface area contributed by atoms with E-state index in [1.807, 2.05) is 0 Å². The molecule has 1 aromatic rings. The van der Waals surface area contributed by atoms with E-state index in [2.05, 4.69) is 36.1 Å². The zero-order valence-corrected chi connectivity index (χ0v) is 15.3. The number of hydrogen-bond acceptors (Lipinski definition) is 3. The molecule has 2 bridgehead atoms. The Balaban J connectivity index is 1.79. The molecule has 2 fully saturated rings. The Morgan fingerprint density at radius 1 is 1.32 bits per heavy atom. The van der Waals surface area contributed by atoms with Crippen LogP contribution in [0.25, 0.3) is 0 Å². The Bertz CT molecular complexity index is 767. The van der Waals surface area contributed by atoms with Gasteiger partial charge in [0.2, 0.25) is 0 Å². The van der Waals surface area contributed by atoms with E-state index in [4.69, 9.17) is 4.74 Å². The van der Waals surface area contributed by atoms with Gasteiger partial charge in [0.15, 0.2) is 0 Å². The number of carbonyl (C=O) groups is 1. The van der Waals surface area contributed by atoms with Gasteiger partial charge in [0, 0.05) is 23.6 Å². The van der Waals surface area contributed by atoms with Gasteiger partial charge in [-0.3, -0.25) is 4.90 Å². The van der Waals surface area contributed by atoms with Crippen molar-refractivity contribution in [2.24, 2.45) is 11.8 Å². The summed E-state index contributed by atoms with van der Waals surface area (Å²) in [4.78, 5) is 15.6. The molecule has 0 radical (unpaired) electrons. The van der Waals surface area contributed by atoms with Crippen LogP contribution in [0, 0.1) is 11.8 Å². The molecule has 5 rings (SSSR count). The third-order valence-corrected chi connectivity index (χ3v) is 7.62. The highest BCUT2D eigenvalue weighted by Crippen LogP contribution is 2.60. The maximum Gasteiger partial charge on any atom is 0.334 e. The van der Waals surface area contributed by atoms with Gasteiger partial charge in [-0.05, 0) is 60.8 Å². The zero-order valence-electron chi connectivity index (χ0n) is 15.3. The van der Waals surface area contributed by atoms with Crippen LogP contribution in [0.3, 0.4) is 0 Å². The average Bonchev–Trinajstić information content (AvgIpc) is 3.06. The molecular weight excluding hydrogens is 310 g/mol. The van der Waals surface area contributed by atoms with Crippen molar-refractivity contribution >= 4 is 5.97 Å². The molecule has 2 aliphatic carbocycles. The van der Waals surface area contributed by atoms with Crippen LogP contribution in [0.1, 0.15) is 43.7 Å². The summed E-state index contributed by atoms with van der Waals surface area (Å²) in [7, 11) is 1.55. The molecule has 2 unspecified atom stereocenters. The molecule has 4 atom stereocenters. The largest absolute Gasteiger partial charge is 0.466 e. The summed E-state index contributed by atoms with van der Waals surface area (Å²) in [5.74, 6) is 0.923. The Hall–Kier alpha value is -1.61. The second-order valence-electron chi connectivity index (χ2n) is 8.28. The van der Waals surface area contributed by atoms with Gasteiger partial charge in [-0.1, -0.05) is 37.6 Å². The van der Waals surface area contributed by atoms with E-state index in [0.717, 1.165) is 44.2 Å². The fourth-order valence-electron chi connectivity index (χ4n) is 6.62. The standard InChI is InChI=1S/C22H27NO2/c1-3-14-13-23-11-10-22-17-7-5-4-6-15(17)8-9-18(22)20(21(24)25-2)16(14)12-19(22)23/h4-7,14,16,19H,3,8-13H2,1-2H3/t14?,16?,19-,22-/m0/s1. The highest BCUT2D eigenvalue weighted by Gasteiger charge is 2.60. The molecule has 3 heteroatoms. The van der Waals surface area contributed by atoms with Crippen molar-refractivity contribution < 1.29 is 9.53 Å². The molecule has 1 aromatic carbocycles. The first-order valence-electron chi connectivity index (χ1n) is 9.85. The number of rotatable bonds is 2. The quantitative estimate of drug-likeness (QED) is 0.774. The molecular formula is C22H27NO2. The molecule has 0 aromatic heterocycles. The molecule has 3 nitrogen and oxygen atoms in total. The Labute approximate surface area is 150 Å². The molecule has 4 aliphatic rings. The van der Waals surface area contributed by atoms with E-state index in [1.54, 1.807) is 7.11 Å². The minimum atomic E-state index is -0.0593. The second kappa shape index (κ2) is 5.44. The van der Waals surface area contributed by atoms with Crippen molar-refractivity contribution in [2.75, 3.05) is 20.2 Å². The van der Waals surface area contributed by atoms with Gasteiger partial charge in [-0.2, -0.15) is 0 Å². The number of nitrogens with zero attached hydrogens (tertiary/aromatic N) is 1. The second-order valence-corrected chi connectivity index (χ2v) is 8.28. The summed E-state index contributed by atoms with van der Waals surface area (Å²) in [5, 5.41) is 0. The van der Waals surface area contributed by atoms with Gasteiger partial charge in [0.25, 0.3) is 0 Å². The summed E-state index contributed by atoms with van der Waals surface area (Å²) in [5.41, 5.74) is 5.54. The van der Waals surface area contributed by atoms with Gasteiger partial charge >= 0.3 is 5.97 Å². The predicted octanol–water partition coefficient (Wildman–Crippen LogP) is 3.47. The van der Waals surface area contributed by atoms with Crippen molar-refractivity contribution in [3.8, 4) is 0 Å². The number of carbonyl (C=O) groups excluding carboxylic acids is 1. The van der Waals surface area contributed by atoms with Crippen LogP contribution in [0.2, 0.25) is 0 Å². The lowest BCUT2D eigenvalue weighted by atomic mass is 9.53. The minimum absolute atomic E-state index is 0.0593. The van der Waals surface area contributed by atoms with E-state index in [9.17, 15) is 4.79 Å². The minimum Gasteiger partial charge on any atom is -0.466 e. The van der Waals surface area contributed by atoms with Gasteiger partial charge < -0.3 is 4.74 Å². The Kier molecular flexibility index (Phi) is 3.40. The molecule has 25 heavy (non-hydrogen) atoms. The molecule has 0 saturated carbocycles. The fraction of sp³-hybridized carbons (Fsp3) is 0.591. The van der Waals surface area contributed by atoms with Gasteiger partial charge in [0.1, 0.15) is 0 Å². The fourth-order valence-corrected chi connectivity index (χ4v) is 6.62. The Morgan fingerprint density at radius 2 is 2.16 bits per heavy atom. The predicted molar refractivity (Wildman–Crippen MR) is 97.3 cm³/mol. The van der Waals surface area contributed by atoms with Crippen LogP contribution >= 0.6 is 0 Å². The average molecular weight is 337 g/mol. The number of fused-ring (bicyclic) bond motifs is 2. The first-order valence-corrected chi connectivity index (χ1v) is 9.85. The Morgan fingerprint density at radius 3 is 2.96 bits per heavy atom. The van der Waals surface area contributed by atoms with Crippen LogP contribution in [-0.2, 0) is 21.4 Å². The highest BCUT2D eigenvalue weighted by molar-refractivity contribution is 5.91. The molecule has 0 amide bonds. The van der Waals surface area contributed by atoms with Crippen LogP contribution in [0.5, 0.6) is 0 Å². The topological polar surface area (TPSA) is 29.5 Å². The van der Waals surface area contributed by atoms with Gasteiger partial charge in [0.05, 0.1) is 7.11 Å². The summed E-state index contributed by atoms with van der Waals surface area (Å²) < 4.78 is 5.30. The summed E-state index contributed by atoms with van der Waals surface area (Å²) in [6.45, 7) is 4.59. The third kappa shape index (κ3) is 1.88. The van der Waals surface area contributed by atoms with Crippen LogP contribution in [-0.4, -0.2) is 37.1 Å². The molecule has 2 aliphatic heterocycles. The van der Waals surface area contributed by atoms with Crippen LogP contribution in [0.15, 0.2) is 35.4 Å². The number of aryl methyl sites for hydroxylation is 1. The highest BCUT2D eigenvalue weighted by atomic mass is 16.5. The van der Waals surface area contributed by atoms with Crippen molar-refractivity contribution in [1.29, 1.82) is 0 Å². The normalized spacial score (nSPS) is 36.0. The van der Waals surface area contributed by atoms with E-state index >= 15 is 0 Å². The number of piperidine rings is 1. The lowest BCUT2D eigenvalue weighted by Crippen LogP contribution is -2.57. The lowest BCUT2D eigenvalue weighted by molar-refractivity contribution is -0.138. The van der Waals surface area contributed by atoms with Crippen molar-refractivity contribution in [3.05, 3.63) is 46.5 Å². The summed E-state index contributed by atoms with van der Waals surface area (Å²) in [6, 6.07) is 9.55. The lowest BCUT2D eigenvalue weighted by Gasteiger charge is -2.54. The van der Waals surface area contributed by atoms with E-state index in [0.29, 0.717) is 17.9 Å². The van der Waals surface area contributed by atoms with E-state index in [-0.39, 0.29) is 11.4 Å². The zero-order chi connectivity index (χ0) is 17.2. The van der Waals surface area contributed by atoms with Crippen molar-refractivity contribution in [1.82, 2.24) is 4.90 Å². The van der Waals surface area contributed by atoms with Crippen LogP contribution < -0.4 is 0 Å². The molecule has 2 heterocycles. The molecule has 2 saturated heterocycles. The van der Waals surface area contributed by atoms with Gasteiger partial charge in [-0.25, -0.2) is 4.79 Å². The molecule has 1 spiro atoms. The number of benzene rings is 1. The number of methoxy groups -OCH3 is 1. The SMILES string of the molecule is CCC1CN2CC[C@]34C(=C(C(=O)OC)C1C[C@H]23)CCc1ccccc14.